The zero-order chi connectivity index (χ0) is 10.7. The zero-order valence-corrected chi connectivity index (χ0v) is 9.31. The average molecular weight is 207 g/mol. The Kier molecular flexibility index (Phi) is 3.16. The van der Waals surface area contributed by atoms with Gasteiger partial charge in [-0.05, 0) is 0 Å². The van der Waals surface area contributed by atoms with Crippen molar-refractivity contribution in [1.29, 1.82) is 0 Å². The first-order valence-electron chi connectivity index (χ1n) is 5.42. The minimum absolute atomic E-state index is 0.392. The Morgan fingerprint density at radius 3 is 2.33 bits per heavy atom. The van der Waals surface area contributed by atoms with Crippen LogP contribution in [0.1, 0.15) is 25.6 Å². The van der Waals surface area contributed by atoms with Crippen LogP contribution in [0.25, 0.3) is 0 Å². The molecule has 4 heteroatoms. The number of rotatable bonds is 2. The van der Waals surface area contributed by atoms with Crippen molar-refractivity contribution in [3.63, 3.8) is 0 Å². The van der Waals surface area contributed by atoms with Gasteiger partial charge in [0.25, 0.3) is 0 Å². The van der Waals surface area contributed by atoms with E-state index in [9.17, 15) is 0 Å². The molecule has 0 bridgehead atoms. The van der Waals surface area contributed by atoms with Crippen molar-refractivity contribution >= 4 is 5.69 Å². The second-order valence-corrected chi connectivity index (χ2v) is 4.05. The van der Waals surface area contributed by atoms with Gasteiger partial charge in [0.05, 0.1) is 31.3 Å². The monoisotopic (exact) mass is 207 g/mol. The number of hydrogen-bond donors (Lipinski definition) is 0. The summed E-state index contributed by atoms with van der Waals surface area (Å²) in [4.78, 5) is 11.0. The van der Waals surface area contributed by atoms with Crippen molar-refractivity contribution in [2.45, 2.75) is 19.8 Å². The lowest BCUT2D eigenvalue weighted by Crippen LogP contribution is -2.36. The topological polar surface area (TPSA) is 38.2 Å². The summed E-state index contributed by atoms with van der Waals surface area (Å²) in [6, 6.07) is 0. The van der Waals surface area contributed by atoms with Crippen molar-refractivity contribution in [3.8, 4) is 0 Å². The van der Waals surface area contributed by atoms with Gasteiger partial charge in [0.2, 0.25) is 0 Å². The molecule has 2 heterocycles. The molecule has 0 unspecified atom stereocenters. The number of hydrogen-bond acceptors (Lipinski definition) is 4. The van der Waals surface area contributed by atoms with E-state index in [0.717, 1.165) is 37.8 Å². The van der Waals surface area contributed by atoms with E-state index in [0.29, 0.717) is 5.92 Å². The standard InChI is InChI=1S/C11H17N3O/c1-9(2)11-12-7-10(8-13-11)14-3-5-15-6-4-14/h7-9H,3-6H2,1-2H3. The number of aromatic nitrogens is 2. The molecule has 2 rings (SSSR count). The van der Waals surface area contributed by atoms with E-state index in [1.54, 1.807) is 0 Å². The van der Waals surface area contributed by atoms with Gasteiger partial charge in [-0.1, -0.05) is 13.8 Å². The van der Waals surface area contributed by atoms with E-state index < -0.39 is 0 Å². The van der Waals surface area contributed by atoms with E-state index in [2.05, 4.69) is 28.7 Å². The fourth-order valence-corrected chi connectivity index (χ4v) is 1.61. The predicted molar refractivity (Wildman–Crippen MR) is 59.2 cm³/mol. The lowest BCUT2D eigenvalue weighted by atomic mass is 10.2. The molecule has 0 spiro atoms. The molecule has 15 heavy (non-hydrogen) atoms. The minimum atomic E-state index is 0.392. The van der Waals surface area contributed by atoms with Crippen molar-refractivity contribution in [2.24, 2.45) is 0 Å². The van der Waals surface area contributed by atoms with Gasteiger partial charge in [0.15, 0.2) is 0 Å². The van der Waals surface area contributed by atoms with Crippen LogP contribution in [0.15, 0.2) is 12.4 Å². The Bertz CT molecular complexity index is 304. The molecule has 1 aromatic rings. The molecule has 82 valence electrons. The molecule has 1 aliphatic heterocycles. The maximum Gasteiger partial charge on any atom is 0.130 e. The summed E-state index contributed by atoms with van der Waals surface area (Å²) in [5.74, 6) is 1.30. The summed E-state index contributed by atoms with van der Waals surface area (Å²) >= 11 is 0. The summed E-state index contributed by atoms with van der Waals surface area (Å²) < 4.78 is 5.30. The third kappa shape index (κ3) is 2.45. The molecule has 0 aliphatic carbocycles. The second-order valence-electron chi connectivity index (χ2n) is 4.05. The Labute approximate surface area is 90.3 Å². The highest BCUT2D eigenvalue weighted by molar-refractivity contribution is 5.42. The van der Waals surface area contributed by atoms with E-state index >= 15 is 0 Å². The molecule has 0 saturated carbocycles. The van der Waals surface area contributed by atoms with Crippen LogP contribution in [0.2, 0.25) is 0 Å². The van der Waals surface area contributed by atoms with Crippen LogP contribution in [0.5, 0.6) is 0 Å². The van der Waals surface area contributed by atoms with Crippen LogP contribution in [-0.4, -0.2) is 36.3 Å². The molecular weight excluding hydrogens is 190 g/mol. The molecule has 1 saturated heterocycles. The van der Waals surface area contributed by atoms with Gasteiger partial charge in [0, 0.05) is 19.0 Å². The van der Waals surface area contributed by atoms with E-state index in [1.807, 2.05) is 12.4 Å². The fraction of sp³-hybridized carbons (Fsp3) is 0.636. The first-order valence-corrected chi connectivity index (χ1v) is 5.42. The van der Waals surface area contributed by atoms with Gasteiger partial charge in [-0.15, -0.1) is 0 Å². The van der Waals surface area contributed by atoms with Gasteiger partial charge in [-0.25, -0.2) is 9.97 Å². The summed E-state index contributed by atoms with van der Waals surface area (Å²) in [5.41, 5.74) is 1.10. The Morgan fingerprint density at radius 2 is 1.80 bits per heavy atom. The highest BCUT2D eigenvalue weighted by Gasteiger charge is 2.12. The number of morpholine rings is 1. The van der Waals surface area contributed by atoms with Crippen LogP contribution in [0.3, 0.4) is 0 Å². The molecule has 0 radical (unpaired) electrons. The van der Waals surface area contributed by atoms with Crippen LogP contribution < -0.4 is 4.90 Å². The van der Waals surface area contributed by atoms with E-state index in [4.69, 9.17) is 4.74 Å². The summed E-state index contributed by atoms with van der Waals surface area (Å²) in [6.45, 7) is 7.67. The van der Waals surface area contributed by atoms with Gasteiger partial charge in [-0.3, -0.25) is 0 Å². The van der Waals surface area contributed by atoms with Crippen molar-refractivity contribution in [2.75, 3.05) is 31.2 Å². The molecule has 1 fully saturated rings. The van der Waals surface area contributed by atoms with Gasteiger partial charge in [-0.2, -0.15) is 0 Å². The first kappa shape index (κ1) is 10.4. The molecule has 0 atom stereocenters. The molecule has 1 aliphatic rings. The number of ether oxygens (including phenoxy) is 1. The normalized spacial score (nSPS) is 17.1. The Hall–Kier alpha value is -1.16. The van der Waals surface area contributed by atoms with Crippen molar-refractivity contribution in [1.82, 2.24) is 9.97 Å². The second kappa shape index (κ2) is 4.57. The molecule has 0 N–H and O–H groups in total. The number of anilines is 1. The lowest BCUT2D eigenvalue weighted by molar-refractivity contribution is 0.122. The van der Waals surface area contributed by atoms with Crippen LogP contribution in [0.4, 0.5) is 5.69 Å². The third-order valence-electron chi connectivity index (χ3n) is 2.55. The fourth-order valence-electron chi connectivity index (χ4n) is 1.61. The van der Waals surface area contributed by atoms with Gasteiger partial charge in [0.1, 0.15) is 5.82 Å². The Balaban J connectivity index is 2.08. The third-order valence-corrected chi connectivity index (χ3v) is 2.55. The number of nitrogens with zero attached hydrogens (tertiary/aromatic N) is 3. The average Bonchev–Trinajstić information content (AvgIpc) is 2.30. The minimum Gasteiger partial charge on any atom is -0.378 e. The summed E-state index contributed by atoms with van der Waals surface area (Å²) in [6.07, 6.45) is 3.82. The van der Waals surface area contributed by atoms with E-state index in [1.165, 1.54) is 0 Å². The molecule has 4 nitrogen and oxygen atoms in total. The Morgan fingerprint density at radius 1 is 1.20 bits per heavy atom. The first-order chi connectivity index (χ1) is 7.27. The molecule has 0 amide bonds. The summed E-state index contributed by atoms with van der Waals surface area (Å²) in [5, 5.41) is 0. The largest absolute Gasteiger partial charge is 0.378 e. The molecule has 0 aromatic carbocycles. The SMILES string of the molecule is CC(C)c1ncc(N2CCOCC2)cn1. The van der Waals surface area contributed by atoms with Crippen LogP contribution >= 0.6 is 0 Å². The maximum atomic E-state index is 5.30. The smallest absolute Gasteiger partial charge is 0.130 e. The van der Waals surface area contributed by atoms with E-state index in [-0.39, 0.29) is 0 Å². The van der Waals surface area contributed by atoms with Crippen molar-refractivity contribution in [3.05, 3.63) is 18.2 Å². The highest BCUT2D eigenvalue weighted by Crippen LogP contribution is 2.15. The van der Waals surface area contributed by atoms with Crippen LogP contribution in [-0.2, 0) is 4.74 Å². The van der Waals surface area contributed by atoms with Gasteiger partial charge < -0.3 is 9.64 Å². The quantitative estimate of drug-likeness (QED) is 0.735. The summed E-state index contributed by atoms with van der Waals surface area (Å²) in [7, 11) is 0. The lowest BCUT2D eigenvalue weighted by Gasteiger charge is -2.28. The predicted octanol–water partition coefficient (Wildman–Crippen LogP) is 1.44. The highest BCUT2D eigenvalue weighted by atomic mass is 16.5. The maximum absolute atomic E-state index is 5.30. The van der Waals surface area contributed by atoms with Crippen molar-refractivity contribution < 1.29 is 4.74 Å². The van der Waals surface area contributed by atoms with Gasteiger partial charge >= 0.3 is 0 Å². The van der Waals surface area contributed by atoms with Crippen LogP contribution in [0, 0.1) is 0 Å². The zero-order valence-electron chi connectivity index (χ0n) is 9.31. The molecular formula is C11H17N3O. The molecule has 1 aromatic heterocycles.